The SMILES string of the molecule is N#Cc1c(NC(=O)Cc2ccccc2C(=O)O)sc2c1CCC2. The van der Waals surface area contributed by atoms with Gasteiger partial charge in [0.15, 0.2) is 0 Å². The average Bonchev–Trinajstić information content (AvgIpc) is 3.07. The first kappa shape index (κ1) is 15.3. The van der Waals surface area contributed by atoms with Crippen LogP contribution in [0.15, 0.2) is 24.3 Å². The van der Waals surface area contributed by atoms with Crippen LogP contribution in [0.4, 0.5) is 5.00 Å². The van der Waals surface area contributed by atoms with Gasteiger partial charge in [-0.15, -0.1) is 11.3 Å². The molecule has 0 unspecified atom stereocenters. The molecule has 0 radical (unpaired) electrons. The Bertz CT molecular complexity index is 833. The van der Waals surface area contributed by atoms with Gasteiger partial charge in [-0.2, -0.15) is 5.26 Å². The summed E-state index contributed by atoms with van der Waals surface area (Å²) in [7, 11) is 0. The highest BCUT2D eigenvalue weighted by atomic mass is 32.1. The summed E-state index contributed by atoms with van der Waals surface area (Å²) in [5, 5.41) is 21.8. The van der Waals surface area contributed by atoms with E-state index in [1.807, 2.05) is 0 Å². The van der Waals surface area contributed by atoms with Gasteiger partial charge in [0, 0.05) is 4.88 Å². The van der Waals surface area contributed by atoms with Crippen LogP contribution < -0.4 is 5.32 Å². The predicted molar refractivity (Wildman–Crippen MR) is 86.8 cm³/mol. The number of thiophene rings is 1. The second-order valence-electron chi connectivity index (χ2n) is 5.36. The van der Waals surface area contributed by atoms with E-state index in [9.17, 15) is 14.9 Å². The van der Waals surface area contributed by atoms with Gasteiger partial charge in [-0.05, 0) is 36.5 Å². The third kappa shape index (κ3) is 2.96. The largest absolute Gasteiger partial charge is 0.478 e. The van der Waals surface area contributed by atoms with Crippen LogP contribution >= 0.6 is 11.3 Å². The summed E-state index contributed by atoms with van der Waals surface area (Å²) >= 11 is 1.45. The fraction of sp³-hybridized carbons (Fsp3) is 0.235. The highest BCUT2D eigenvalue weighted by Gasteiger charge is 2.23. The number of carboxylic acids is 1. The van der Waals surface area contributed by atoms with Crippen LogP contribution in [0.1, 0.15) is 38.3 Å². The molecule has 6 heteroatoms. The third-order valence-electron chi connectivity index (χ3n) is 3.88. The minimum Gasteiger partial charge on any atom is -0.478 e. The van der Waals surface area contributed by atoms with Gasteiger partial charge >= 0.3 is 5.97 Å². The van der Waals surface area contributed by atoms with Crippen molar-refractivity contribution in [1.82, 2.24) is 0 Å². The summed E-state index contributed by atoms with van der Waals surface area (Å²) < 4.78 is 0. The lowest BCUT2D eigenvalue weighted by molar-refractivity contribution is -0.115. The number of fused-ring (bicyclic) bond motifs is 1. The number of amides is 1. The molecule has 0 bridgehead atoms. The Morgan fingerprint density at radius 3 is 2.83 bits per heavy atom. The Hall–Kier alpha value is -2.65. The molecule has 1 aromatic heterocycles. The van der Waals surface area contributed by atoms with E-state index >= 15 is 0 Å². The van der Waals surface area contributed by atoms with Crippen LogP contribution in [0, 0.1) is 11.3 Å². The molecule has 1 aliphatic carbocycles. The minimum absolute atomic E-state index is 0.0318. The molecule has 0 atom stereocenters. The fourth-order valence-electron chi connectivity index (χ4n) is 2.84. The lowest BCUT2D eigenvalue weighted by Gasteiger charge is -2.07. The van der Waals surface area contributed by atoms with Gasteiger partial charge in [0.1, 0.15) is 11.1 Å². The minimum atomic E-state index is -1.05. The molecule has 1 amide bonds. The number of nitrogens with one attached hydrogen (secondary N) is 1. The van der Waals surface area contributed by atoms with Gasteiger partial charge in [-0.1, -0.05) is 18.2 Å². The third-order valence-corrected chi connectivity index (χ3v) is 5.09. The first-order valence-electron chi connectivity index (χ1n) is 7.26. The Labute approximate surface area is 137 Å². The summed E-state index contributed by atoms with van der Waals surface area (Å²) in [5.41, 5.74) is 2.19. The quantitative estimate of drug-likeness (QED) is 0.903. The number of hydrogen-bond acceptors (Lipinski definition) is 4. The van der Waals surface area contributed by atoms with E-state index in [2.05, 4.69) is 11.4 Å². The summed E-state index contributed by atoms with van der Waals surface area (Å²) in [4.78, 5) is 24.6. The molecule has 2 aromatic rings. The number of carboxylic acid groups (broad SMARTS) is 1. The molecule has 23 heavy (non-hydrogen) atoms. The molecule has 5 nitrogen and oxygen atoms in total. The van der Waals surface area contributed by atoms with Crippen molar-refractivity contribution in [2.45, 2.75) is 25.7 Å². The molecule has 0 saturated carbocycles. The van der Waals surface area contributed by atoms with E-state index in [-0.39, 0.29) is 17.9 Å². The number of benzene rings is 1. The van der Waals surface area contributed by atoms with Crippen LogP contribution in [0.25, 0.3) is 0 Å². The number of aryl methyl sites for hydroxylation is 1. The van der Waals surface area contributed by atoms with Crippen LogP contribution in [-0.4, -0.2) is 17.0 Å². The molecule has 3 rings (SSSR count). The maximum absolute atomic E-state index is 12.2. The van der Waals surface area contributed by atoms with Crippen LogP contribution in [0.3, 0.4) is 0 Å². The molecule has 0 spiro atoms. The van der Waals surface area contributed by atoms with Crippen molar-refractivity contribution in [3.8, 4) is 6.07 Å². The first-order valence-corrected chi connectivity index (χ1v) is 8.07. The van der Waals surface area contributed by atoms with E-state index in [1.54, 1.807) is 18.2 Å². The predicted octanol–water partition coefficient (Wildman–Crippen LogP) is 2.99. The van der Waals surface area contributed by atoms with Crippen LogP contribution in [-0.2, 0) is 24.1 Å². The number of rotatable bonds is 4. The topological polar surface area (TPSA) is 90.2 Å². The molecule has 116 valence electrons. The summed E-state index contributed by atoms with van der Waals surface area (Å²) in [6.07, 6.45) is 2.85. The standard InChI is InChI=1S/C17H14N2O3S/c18-9-13-12-6-3-7-14(12)23-16(13)19-15(20)8-10-4-1-2-5-11(10)17(21)22/h1-2,4-5H,3,6-8H2,(H,19,20)(H,21,22). The molecular formula is C17H14N2O3S. The van der Waals surface area contributed by atoms with Gasteiger partial charge in [-0.3, -0.25) is 4.79 Å². The van der Waals surface area contributed by atoms with E-state index < -0.39 is 5.97 Å². The number of anilines is 1. The molecule has 1 heterocycles. The molecular weight excluding hydrogens is 312 g/mol. The lowest BCUT2D eigenvalue weighted by atomic mass is 10.0. The summed E-state index contributed by atoms with van der Waals surface area (Å²) in [6.45, 7) is 0. The van der Waals surface area contributed by atoms with E-state index in [0.29, 0.717) is 16.1 Å². The fourth-order valence-corrected chi connectivity index (χ4v) is 4.09. The van der Waals surface area contributed by atoms with Crippen molar-refractivity contribution >= 4 is 28.2 Å². The Kier molecular flexibility index (Phi) is 4.13. The van der Waals surface area contributed by atoms with Crippen molar-refractivity contribution in [1.29, 1.82) is 5.26 Å². The van der Waals surface area contributed by atoms with E-state index in [1.165, 1.54) is 22.3 Å². The smallest absolute Gasteiger partial charge is 0.335 e. The monoisotopic (exact) mass is 326 g/mol. The molecule has 1 aliphatic rings. The number of carbonyl (C=O) groups excluding carboxylic acids is 1. The van der Waals surface area contributed by atoms with Gasteiger partial charge in [0.05, 0.1) is 17.5 Å². The van der Waals surface area contributed by atoms with Crippen molar-refractivity contribution in [3.05, 3.63) is 51.4 Å². The lowest BCUT2D eigenvalue weighted by Crippen LogP contribution is -2.16. The number of nitriles is 1. The number of carbonyl (C=O) groups is 2. The van der Waals surface area contributed by atoms with E-state index in [4.69, 9.17) is 5.11 Å². The average molecular weight is 326 g/mol. The molecule has 1 aromatic carbocycles. The van der Waals surface area contributed by atoms with Gasteiger partial charge in [0.2, 0.25) is 5.91 Å². The van der Waals surface area contributed by atoms with Crippen molar-refractivity contribution in [2.24, 2.45) is 0 Å². The van der Waals surface area contributed by atoms with E-state index in [0.717, 1.165) is 24.8 Å². The maximum Gasteiger partial charge on any atom is 0.335 e. The van der Waals surface area contributed by atoms with Gasteiger partial charge < -0.3 is 10.4 Å². The van der Waals surface area contributed by atoms with Crippen LogP contribution in [0.5, 0.6) is 0 Å². The molecule has 2 N–H and O–H groups in total. The zero-order valence-electron chi connectivity index (χ0n) is 12.3. The highest BCUT2D eigenvalue weighted by Crippen LogP contribution is 2.38. The van der Waals surface area contributed by atoms with Crippen molar-refractivity contribution in [2.75, 3.05) is 5.32 Å². The second-order valence-corrected chi connectivity index (χ2v) is 6.47. The molecule has 0 saturated heterocycles. The summed E-state index contributed by atoms with van der Waals surface area (Å²) in [5.74, 6) is -1.36. The van der Waals surface area contributed by atoms with Crippen LogP contribution in [0.2, 0.25) is 0 Å². The Balaban J connectivity index is 1.79. The molecule has 0 fully saturated rings. The Morgan fingerprint density at radius 1 is 1.30 bits per heavy atom. The van der Waals surface area contributed by atoms with Crippen molar-refractivity contribution in [3.63, 3.8) is 0 Å². The number of nitrogens with zero attached hydrogens (tertiary/aromatic N) is 1. The maximum atomic E-state index is 12.2. The molecule has 0 aliphatic heterocycles. The normalized spacial score (nSPS) is 12.5. The van der Waals surface area contributed by atoms with Gasteiger partial charge in [0.25, 0.3) is 0 Å². The number of aromatic carboxylic acids is 1. The second kappa shape index (κ2) is 6.23. The highest BCUT2D eigenvalue weighted by molar-refractivity contribution is 7.16. The first-order chi connectivity index (χ1) is 11.1. The van der Waals surface area contributed by atoms with Gasteiger partial charge in [-0.25, -0.2) is 4.79 Å². The zero-order chi connectivity index (χ0) is 16.4. The number of hydrogen-bond donors (Lipinski definition) is 2. The van der Waals surface area contributed by atoms with Crippen molar-refractivity contribution < 1.29 is 14.7 Å². The Morgan fingerprint density at radius 2 is 2.09 bits per heavy atom. The zero-order valence-corrected chi connectivity index (χ0v) is 13.1. The summed E-state index contributed by atoms with van der Waals surface area (Å²) in [6, 6.07) is 8.61.